The monoisotopic (exact) mass is 491 g/mol. The van der Waals surface area contributed by atoms with E-state index in [4.69, 9.17) is 15.1 Å². The summed E-state index contributed by atoms with van der Waals surface area (Å²) < 4.78 is 156. The highest BCUT2D eigenvalue weighted by Crippen LogP contribution is 2.22. The summed E-state index contributed by atoms with van der Waals surface area (Å²) in [6.45, 7) is 0. The summed E-state index contributed by atoms with van der Waals surface area (Å²) in [6.07, 6.45) is -9.70. The summed E-state index contributed by atoms with van der Waals surface area (Å²) in [7, 11) is 0. The van der Waals surface area contributed by atoms with Gasteiger partial charge in [0.25, 0.3) is 0 Å². The molecule has 0 amide bonds. The van der Waals surface area contributed by atoms with Crippen molar-refractivity contribution in [3.8, 4) is 11.5 Å². The molecule has 0 heterocycles. The third kappa shape index (κ3) is 17.7. The molecule has 0 unspecified atom stereocenters. The van der Waals surface area contributed by atoms with Crippen molar-refractivity contribution in [2.75, 3.05) is 0 Å². The zero-order chi connectivity index (χ0) is 34.7. The zero-order valence-corrected chi connectivity index (χ0v) is 16.9. The average molecular weight is 492 g/mol. The van der Waals surface area contributed by atoms with Crippen LogP contribution in [0.5, 0.6) is 11.5 Å². The van der Waals surface area contributed by atoms with E-state index in [1.807, 2.05) is 36.4 Å². The highest BCUT2D eigenvalue weighted by Gasteiger charge is 2.31. The normalized spacial score (nSPS) is 14.6. The first-order chi connectivity index (χ1) is 20.7. The van der Waals surface area contributed by atoms with Crippen LogP contribution in [0.15, 0.2) is 133 Å². The largest absolute Gasteiger partial charge is 0.573 e. The maximum absolute atomic E-state index is 11.9. The van der Waals surface area contributed by atoms with Gasteiger partial charge in [-0.3, -0.25) is 0 Å². The quantitative estimate of drug-likeness (QED) is 0.262. The Hall–Kier alpha value is -3.94. The topological polar surface area (TPSA) is 18.5 Å². The minimum absolute atomic E-state index is 0.194. The van der Waals surface area contributed by atoms with Crippen LogP contribution in [0.2, 0.25) is 0 Å². The fourth-order valence-corrected chi connectivity index (χ4v) is 1.60. The summed E-state index contributed by atoms with van der Waals surface area (Å²) in [4.78, 5) is 0. The molecular weight excluding hydrogens is 458 g/mol. The lowest BCUT2D eigenvalue weighted by Crippen LogP contribution is -2.16. The van der Waals surface area contributed by atoms with Gasteiger partial charge >= 0.3 is 12.7 Å². The van der Waals surface area contributed by atoms with Crippen molar-refractivity contribution < 1.29 is 50.9 Å². The summed E-state index contributed by atoms with van der Waals surface area (Å²) in [5.41, 5.74) is 0. The van der Waals surface area contributed by atoms with E-state index in [0.29, 0.717) is 0 Å². The Labute approximate surface area is 209 Å². The van der Waals surface area contributed by atoms with Crippen LogP contribution in [0.1, 0.15) is 15.1 Å². The molecule has 0 aliphatic heterocycles. The molecule has 0 spiro atoms. The van der Waals surface area contributed by atoms with E-state index in [1.54, 1.807) is 6.07 Å². The van der Waals surface area contributed by atoms with Crippen LogP contribution in [0.25, 0.3) is 0 Å². The predicted octanol–water partition coefficient (Wildman–Crippen LogP) is 8.54. The van der Waals surface area contributed by atoms with Crippen LogP contribution in [0.3, 0.4) is 0 Å². The molecule has 0 aromatic heterocycles. The summed E-state index contributed by atoms with van der Waals surface area (Å²) in [6, 6.07) is 11.7. The second-order valence-electron chi connectivity index (χ2n) is 5.27. The molecule has 34 heavy (non-hydrogen) atoms. The average Bonchev–Trinajstić information content (AvgIpc) is 2.99. The summed E-state index contributed by atoms with van der Waals surface area (Å²) in [5.74, 6) is -1.42. The van der Waals surface area contributed by atoms with Gasteiger partial charge in [-0.25, -0.2) is 0 Å². The first-order valence-corrected chi connectivity index (χ1v) is 8.86. The molecular formula is C26H22F6O2. The Balaban J connectivity index is 0.000000313. The van der Waals surface area contributed by atoms with Gasteiger partial charge in [0.2, 0.25) is 0 Å². The lowest BCUT2D eigenvalue weighted by molar-refractivity contribution is -0.275. The molecule has 4 aromatic carbocycles. The smallest absolute Gasteiger partial charge is 0.406 e. The van der Waals surface area contributed by atoms with Gasteiger partial charge in [-0.15, -0.1) is 26.3 Å². The number of para-hydroxylation sites is 2. The Morgan fingerprint density at radius 1 is 0.441 bits per heavy atom. The molecule has 180 valence electrons. The molecule has 0 atom stereocenters. The maximum Gasteiger partial charge on any atom is 0.573 e. The first kappa shape index (κ1) is 15.1. The van der Waals surface area contributed by atoms with Crippen molar-refractivity contribution in [1.29, 1.82) is 0 Å². The third-order valence-corrected chi connectivity index (χ3v) is 2.71. The molecule has 0 saturated carbocycles. The standard InChI is InChI=1S/2C7H5F3O.2C6H6/c2*8-7(9,10)11-6-4-2-1-3-5-6;2*1-2-4-6-5-3-1/h2*1-5H;2*1-6H/i1D,2D,3D,4D,5D;;1D,2D,3D,4D,5D,6D;. The van der Waals surface area contributed by atoms with E-state index >= 15 is 0 Å². The van der Waals surface area contributed by atoms with Crippen LogP contribution in [0.4, 0.5) is 26.3 Å². The van der Waals surface area contributed by atoms with Gasteiger partial charge in [0.1, 0.15) is 11.5 Å². The van der Waals surface area contributed by atoms with E-state index in [2.05, 4.69) is 9.47 Å². The third-order valence-electron chi connectivity index (χ3n) is 2.71. The minimum Gasteiger partial charge on any atom is -0.406 e. The lowest BCUT2D eigenvalue weighted by atomic mass is 10.3. The van der Waals surface area contributed by atoms with Crippen LogP contribution >= 0.6 is 0 Å². The van der Waals surface area contributed by atoms with Crippen LogP contribution in [-0.4, -0.2) is 12.7 Å². The number of alkyl halides is 6. The van der Waals surface area contributed by atoms with Crippen molar-refractivity contribution in [3.05, 3.63) is 133 Å². The number of halogens is 6. The summed E-state index contributed by atoms with van der Waals surface area (Å²) >= 11 is 0. The Morgan fingerprint density at radius 3 is 1.09 bits per heavy atom. The molecule has 4 aromatic rings. The lowest BCUT2D eigenvalue weighted by Gasteiger charge is -2.07. The van der Waals surface area contributed by atoms with E-state index in [1.165, 1.54) is 24.3 Å². The predicted molar refractivity (Wildman–Crippen MR) is 119 cm³/mol. The molecule has 0 radical (unpaired) electrons. The van der Waals surface area contributed by atoms with Crippen LogP contribution in [0, 0.1) is 0 Å². The van der Waals surface area contributed by atoms with Crippen molar-refractivity contribution in [2.24, 2.45) is 0 Å². The minimum atomic E-state index is -5.10. The summed E-state index contributed by atoms with van der Waals surface area (Å²) in [5, 5.41) is 0. The number of rotatable bonds is 2. The van der Waals surface area contributed by atoms with E-state index < -0.39 is 84.9 Å². The van der Waals surface area contributed by atoms with Gasteiger partial charge in [-0.2, -0.15) is 0 Å². The zero-order valence-electron chi connectivity index (χ0n) is 27.9. The highest BCUT2D eigenvalue weighted by molar-refractivity contribution is 5.21. The highest BCUT2D eigenvalue weighted by atomic mass is 19.4. The second-order valence-corrected chi connectivity index (χ2v) is 5.27. The van der Waals surface area contributed by atoms with Crippen molar-refractivity contribution >= 4 is 0 Å². The molecule has 0 aliphatic rings. The van der Waals surface area contributed by atoms with Crippen molar-refractivity contribution in [3.63, 3.8) is 0 Å². The fourth-order valence-electron chi connectivity index (χ4n) is 1.60. The van der Waals surface area contributed by atoms with Gasteiger partial charge in [-0.05, 0) is 24.2 Å². The van der Waals surface area contributed by atoms with E-state index in [0.717, 1.165) is 0 Å². The Bertz CT molecular complexity index is 1380. The van der Waals surface area contributed by atoms with Gasteiger partial charge in [0, 0.05) is 0 Å². The first-order valence-electron chi connectivity index (χ1n) is 14.4. The SMILES string of the molecule is FC(F)(F)Oc1ccccc1.[2H]c1c([2H])c([2H])c(OC(F)(F)F)c([2H])c1[2H].[2H]c1c([2H])c([2H])c([2H])c([2H])c1[2H].c1ccccc1. The number of ether oxygens (including phenoxy) is 2. The molecule has 0 aliphatic carbocycles. The molecule has 8 heteroatoms. The molecule has 0 bridgehead atoms. The molecule has 4 rings (SSSR count). The molecule has 0 N–H and O–H groups in total. The molecule has 2 nitrogen and oxygen atoms in total. The van der Waals surface area contributed by atoms with E-state index in [9.17, 15) is 26.3 Å². The van der Waals surface area contributed by atoms with Crippen LogP contribution in [-0.2, 0) is 0 Å². The number of hydrogen-bond donors (Lipinski definition) is 0. The number of hydrogen-bond acceptors (Lipinski definition) is 2. The Morgan fingerprint density at radius 2 is 0.735 bits per heavy atom. The van der Waals surface area contributed by atoms with Crippen molar-refractivity contribution in [2.45, 2.75) is 12.7 Å². The fraction of sp³-hybridized carbons (Fsp3) is 0.0769. The molecule has 0 saturated heterocycles. The van der Waals surface area contributed by atoms with E-state index in [-0.39, 0.29) is 5.75 Å². The molecule has 0 fully saturated rings. The van der Waals surface area contributed by atoms with Gasteiger partial charge < -0.3 is 9.47 Å². The van der Waals surface area contributed by atoms with Gasteiger partial charge in [-0.1, -0.05) is 109 Å². The number of benzene rings is 4. The Kier molecular flexibility index (Phi) is 7.00. The maximum atomic E-state index is 11.9. The van der Waals surface area contributed by atoms with Crippen LogP contribution < -0.4 is 9.47 Å². The van der Waals surface area contributed by atoms with Gasteiger partial charge in [0.15, 0.2) is 0 Å². The second kappa shape index (κ2) is 15.8. The van der Waals surface area contributed by atoms with Crippen molar-refractivity contribution in [1.82, 2.24) is 0 Å². The van der Waals surface area contributed by atoms with Gasteiger partial charge in [0.05, 0.1) is 15.1 Å².